The highest BCUT2D eigenvalue weighted by Gasteiger charge is 2.09. The van der Waals surface area contributed by atoms with E-state index in [4.69, 9.17) is 10.4 Å². The van der Waals surface area contributed by atoms with Crippen molar-refractivity contribution >= 4 is 29.1 Å². The van der Waals surface area contributed by atoms with Crippen LogP contribution < -0.4 is 0 Å². The van der Waals surface area contributed by atoms with E-state index < -0.39 is 5.97 Å². The molecule has 2 aromatic heterocycles. The summed E-state index contributed by atoms with van der Waals surface area (Å²) < 4.78 is 0. The Morgan fingerprint density at radius 3 is 3.11 bits per heavy atom. The summed E-state index contributed by atoms with van der Waals surface area (Å²) in [6, 6.07) is 5.36. The SMILES string of the molecule is N#Cc1ccnc(SCc2csc(C(=O)O)n2)c1. The molecule has 90 valence electrons. The zero-order valence-corrected chi connectivity index (χ0v) is 10.7. The minimum atomic E-state index is -1.01. The van der Waals surface area contributed by atoms with Gasteiger partial charge in [-0.25, -0.2) is 14.8 Å². The minimum Gasteiger partial charge on any atom is -0.476 e. The van der Waals surface area contributed by atoms with Crippen LogP contribution in [0.1, 0.15) is 21.1 Å². The first-order chi connectivity index (χ1) is 8.69. The molecule has 2 rings (SSSR count). The number of carboxylic acid groups (broad SMARTS) is 1. The third-order valence-electron chi connectivity index (χ3n) is 1.97. The van der Waals surface area contributed by atoms with Gasteiger partial charge in [-0.3, -0.25) is 0 Å². The highest BCUT2D eigenvalue weighted by Crippen LogP contribution is 2.22. The number of thioether (sulfide) groups is 1. The number of aromatic nitrogens is 2. The topological polar surface area (TPSA) is 86.9 Å². The van der Waals surface area contributed by atoms with E-state index in [2.05, 4.69) is 9.97 Å². The summed E-state index contributed by atoms with van der Waals surface area (Å²) in [6.07, 6.45) is 1.57. The van der Waals surface area contributed by atoms with Gasteiger partial charge in [0.25, 0.3) is 0 Å². The van der Waals surface area contributed by atoms with Crippen LogP contribution in [-0.2, 0) is 5.75 Å². The van der Waals surface area contributed by atoms with Crippen LogP contribution >= 0.6 is 23.1 Å². The van der Waals surface area contributed by atoms with Gasteiger partial charge >= 0.3 is 5.97 Å². The third kappa shape index (κ3) is 3.06. The number of hydrogen-bond acceptors (Lipinski definition) is 6. The number of thiazole rings is 1. The van der Waals surface area contributed by atoms with Crippen LogP contribution in [0, 0.1) is 11.3 Å². The second-order valence-electron chi connectivity index (χ2n) is 3.23. The van der Waals surface area contributed by atoms with Crippen molar-refractivity contribution < 1.29 is 9.90 Å². The van der Waals surface area contributed by atoms with E-state index in [0.717, 1.165) is 16.4 Å². The number of carbonyl (C=O) groups is 1. The number of hydrogen-bond donors (Lipinski definition) is 1. The predicted octanol–water partition coefficient (Wildman–Crippen LogP) is 2.40. The third-order valence-corrected chi connectivity index (χ3v) is 3.80. The normalized spacial score (nSPS) is 9.94. The van der Waals surface area contributed by atoms with Gasteiger partial charge in [0.15, 0.2) is 0 Å². The molecule has 0 unspecified atom stereocenters. The maximum atomic E-state index is 10.7. The molecule has 0 aliphatic heterocycles. The van der Waals surface area contributed by atoms with Crippen molar-refractivity contribution in [2.75, 3.05) is 0 Å². The van der Waals surface area contributed by atoms with E-state index in [1.54, 1.807) is 23.7 Å². The Morgan fingerprint density at radius 1 is 1.61 bits per heavy atom. The number of aromatic carboxylic acids is 1. The summed E-state index contributed by atoms with van der Waals surface area (Å²) >= 11 is 2.52. The molecule has 0 aliphatic carbocycles. The molecule has 2 aromatic rings. The summed E-state index contributed by atoms with van der Waals surface area (Å²) in [5, 5.41) is 20.0. The number of carboxylic acids is 1. The molecule has 2 heterocycles. The molecule has 7 heteroatoms. The highest BCUT2D eigenvalue weighted by atomic mass is 32.2. The second-order valence-corrected chi connectivity index (χ2v) is 5.09. The van der Waals surface area contributed by atoms with Crippen molar-refractivity contribution in [1.82, 2.24) is 9.97 Å². The highest BCUT2D eigenvalue weighted by molar-refractivity contribution is 7.98. The molecule has 0 aromatic carbocycles. The summed E-state index contributed by atoms with van der Waals surface area (Å²) in [6.45, 7) is 0. The van der Waals surface area contributed by atoms with Gasteiger partial charge in [-0.05, 0) is 12.1 Å². The summed E-state index contributed by atoms with van der Waals surface area (Å²) in [7, 11) is 0. The van der Waals surface area contributed by atoms with Crippen molar-refractivity contribution in [2.45, 2.75) is 10.8 Å². The second kappa shape index (κ2) is 5.62. The zero-order valence-electron chi connectivity index (χ0n) is 9.03. The van der Waals surface area contributed by atoms with Crippen LogP contribution in [0.3, 0.4) is 0 Å². The largest absolute Gasteiger partial charge is 0.476 e. The Balaban J connectivity index is 2.02. The van der Waals surface area contributed by atoms with Crippen LogP contribution in [0.4, 0.5) is 0 Å². The molecule has 1 N–H and O–H groups in total. The molecule has 18 heavy (non-hydrogen) atoms. The smallest absolute Gasteiger partial charge is 0.365 e. The van der Waals surface area contributed by atoms with E-state index in [1.165, 1.54) is 11.8 Å². The fourth-order valence-electron chi connectivity index (χ4n) is 1.18. The minimum absolute atomic E-state index is 0.0873. The Morgan fingerprint density at radius 2 is 2.44 bits per heavy atom. The van der Waals surface area contributed by atoms with E-state index in [-0.39, 0.29) is 5.01 Å². The molecule has 0 radical (unpaired) electrons. The van der Waals surface area contributed by atoms with Crippen molar-refractivity contribution in [3.05, 3.63) is 40.0 Å². The van der Waals surface area contributed by atoms with E-state index in [0.29, 0.717) is 17.0 Å². The van der Waals surface area contributed by atoms with Gasteiger partial charge in [0.05, 0.1) is 22.4 Å². The van der Waals surface area contributed by atoms with E-state index in [1.807, 2.05) is 6.07 Å². The molecule has 0 atom stereocenters. The lowest BCUT2D eigenvalue weighted by atomic mass is 10.3. The maximum Gasteiger partial charge on any atom is 0.365 e. The quantitative estimate of drug-likeness (QED) is 0.863. The van der Waals surface area contributed by atoms with Gasteiger partial charge in [0, 0.05) is 17.3 Å². The van der Waals surface area contributed by atoms with Crippen molar-refractivity contribution in [1.29, 1.82) is 5.26 Å². The zero-order chi connectivity index (χ0) is 13.0. The Bertz CT molecular complexity index is 619. The van der Waals surface area contributed by atoms with Gasteiger partial charge in [0.2, 0.25) is 5.01 Å². The van der Waals surface area contributed by atoms with Gasteiger partial charge in [-0.1, -0.05) is 11.8 Å². The molecule has 0 spiro atoms. The van der Waals surface area contributed by atoms with Crippen LogP contribution in [0.25, 0.3) is 0 Å². The monoisotopic (exact) mass is 277 g/mol. The number of rotatable bonds is 4. The van der Waals surface area contributed by atoms with E-state index in [9.17, 15) is 4.79 Å². The maximum absolute atomic E-state index is 10.7. The van der Waals surface area contributed by atoms with Crippen LogP contribution in [0.5, 0.6) is 0 Å². The molecule has 0 bridgehead atoms. The standard InChI is InChI=1S/C11H7N3O2S2/c12-4-7-1-2-13-9(3-7)17-5-8-6-18-10(14-8)11(15)16/h1-3,6H,5H2,(H,15,16). The summed E-state index contributed by atoms with van der Waals surface area (Å²) in [5.41, 5.74) is 1.25. The lowest BCUT2D eigenvalue weighted by molar-refractivity contribution is 0.0696. The summed E-state index contributed by atoms with van der Waals surface area (Å²) in [5.74, 6) is -0.480. The summed E-state index contributed by atoms with van der Waals surface area (Å²) in [4.78, 5) is 18.8. The first kappa shape index (κ1) is 12.5. The van der Waals surface area contributed by atoms with Gasteiger partial charge in [-0.15, -0.1) is 11.3 Å². The lowest BCUT2D eigenvalue weighted by Gasteiger charge is -1.98. The van der Waals surface area contributed by atoms with Crippen LogP contribution in [-0.4, -0.2) is 21.0 Å². The molecular formula is C11H7N3O2S2. The Hall–Kier alpha value is -1.91. The van der Waals surface area contributed by atoms with Gasteiger partial charge in [-0.2, -0.15) is 5.26 Å². The molecule has 5 nitrogen and oxygen atoms in total. The predicted molar refractivity (Wildman–Crippen MR) is 67.6 cm³/mol. The Kier molecular flexibility index (Phi) is 3.92. The van der Waals surface area contributed by atoms with Crippen LogP contribution in [0.2, 0.25) is 0 Å². The average molecular weight is 277 g/mol. The molecule has 0 aliphatic rings. The van der Waals surface area contributed by atoms with Gasteiger partial charge in [0.1, 0.15) is 0 Å². The molecule has 0 amide bonds. The Labute approximate surface area is 111 Å². The van der Waals surface area contributed by atoms with Crippen molar-refractivity contribution in [3.8, 4) is 6.07 Å². The average Bonchev–Trinajstić information content (AvgIpc) is 2.85. The van der Waals surface area contributed by atoms with Gasteiger partial charge < -0.3 is 5.11 Å². The van der Waals surface area contributed by atoms with Crippen molar-refractivity contribution in [3.63, 3.8) is 0 Å². The molecule has 0 saturated carbocycles. The first-order valence-electron chi connectivity index (χ1n) is 4.85. The van der Waals surface area contributed by atoms with Crippen LogP contribution in [0.15, 0.2) is 28.7 Å². The van der Waals surface area contributed by atoms with Crippen molar-refractivity contribution in [2.24, 2.45) is 0 Å². The lowest BCUT2D eigenvalue weighted by Crippen LogP contribution is -1.95. The molecule has 0 saturated heterocycles. The first-order valence-corrected chi connectivity index (χ1v) is 6.72. The fourth-order valence-corrected chi connectivity index (χ4v) is 2.73. The number of pyridine rings is 1. The molecule has 0 fully saturated rings. The molecular weight excluding hydrogens is 270 g/mol. The van der Waals surface area contributed by atoms with E-state index >= 15 is 0 Å². The fraction of sp³-hybridized carbons (Fsp3) is 0.0909. The number of nitriles is 1. The number of nitrogens with zero attached hydrogens (tertiary/aromatic N) is 3.